The molecule has 1 atom stereocenters. The maximum Gasteiger partial charge on any atom is 0.331 e. The summed E-state index contributed by atoms with van der Waals surface area (Å²) in [4.78, 5) is 0. The van der Waals surface area contributed by atoms with E-state index >= 15 is 0 Å². The van der Waals surface area contributed by atoms with E-state index in [1.54, 1.807) is 6.08 Å². The molecule has 0 amide bonds. The van der Waals surface area contributed by atoms with Crippen molar-refractivity contribution >= 4 is 7.60 Å². The normalized spacial score (nSPS) is 22.9. The van der Waals surface area contributed by atoms with E-state index < -0.39 is 7.60 Å². The van der Waals surface area contributed by atoms with Gasteiger partial charge in [-0.05, 0) is 39.0 Å². The van der Waals surface area contributed by atoms with Gasteiger partial charge in [0.1, 0.15) is 0 Å². The van der Waals surface area contributed by atoms with Crippen LogP contribution in [0.1, 0.15) is 33.1 Å². The van der Waals surface area contributed by atoms with Gasteiger partial charge in [0.15, 0.2) is 0 Å². The van der Waals surface area contributed by atoms with Crippen LogP contribution in [-0.2, 0) is 13.6 Å². The molecule has 0 saturated heterocycles. The van der Waals surface area contributed by atoms with Gasteiger partial charge in [-0.25, -0.2) is 0 Å². The fourth-order valence-electron chi connectivity index (χ4n) is 2.23. The van der Waals surface area contributed by atoms with Crippen LogP contribution in [0.2, 0.25) is 0 Å². The third kappa shape index (κ3) is 4.27. The highest BCUT2D eigenvalue weighted by atomic mass is 31.2. The van der Waals surface area contributed by atoms with E-state index in [0.717, 1.165) is 24.8 Å². The van der Waals surface area contributed by atoms with Crippen molar-refractivity contribution in [2.24, 2.45) is 5.92 Å². The molecule has 1 aliphatic carbocycles. The second-order valence-electron chi connectivity index (χ2n) is 4.07. The van der Waals surface area contributed by atoms with E-state index in [4.69, 9.17) is 14.3 Å². The monoisotopic (exact) mass is 257 g/mol. The van der Waals surface area contributed by atoms with Gasteiger partial charge < -0.3 is 9.05 Å². The molecule has 1 saturated carbocycles. The maximum absolute atomic E-state index is 12.4. The van der Waals surface area contributed by atoms with Crippen LogP contribution in [0.15, 0.2) is 11.6 Å². The summed E-state index contributed by atoms with van der Waals surface area (Å²) < 4.78 is 22.9. The fraction of sp³-hybridized carbons (Fsp3) is 0.750. The van der Waals surface area contributed by atoms with Gasteiger partial charge in [-0.1, -0.05) is 5.57 Å². The van der Waals surface area contributed by atoms with Crippen LogP contribution < -0.4 is 0 Å². The third-order valence-corrected chi connectivity index (χ3v) is 5.08. The Kier molecular flexibility index (Phi) is 5.91. The van der Waals surface area contributed by atoms with E-state index in [-0.39, 0.29) is 5.92 Å². The van der Waals surface area contributed by atoms with Crippen LogP contribution in [0.4, 0.5) is 0 Å². The van der Waals surface area contributed by atoms with Crippen molar-refractivity contribution in [3.8, 4) is 6.07 Å². The Morgan fingerprint density at radius 1 is 1.47 bits per heavy atom. The lowest BCUT2D eigenvalue weighted by Crippen LogP contribution is -2.09. The van der Waals surface area contributed by atoms with Crippen LogP contribution >= 0.6 is 7.60 Å². The molecule has 1 rings (SSSR count). The van der Waals surface area contributed by atoms with Gasteiger partial charge in [-0.15, -0.1) is 0 Å². The predicted octanol–water partition coefficient (Wildman–Crippen LogP) is 3.50. The second-order valence-corrected chi connectivity index (χ2v) is 6.17. The molecule has 5 heteroatoms. The highest BCUT2D eigenvalue weighted by molar-refractivity contribution is 7.53. The third-order valence-electron chi connectivity index (χ3n) is 2.89. The van der Waals surface area contributed by atoms with Gasteiger partial charge in [0, 0.05) is 6.08 Å². The summed E-state index contributed by atoms with van der Waals surface area (Å²) >= 11 is 0. The van der Waals surface area contributed by atoms with E-state index in [2.05, 4.69) is 6.07 Å². The first-order chi connectivity index (χ1) is 8.15. The Morgan fingerprint density at radius 2 is 2.12 bits per heavy atom. The van der Waals surface area contributed by atoms with Gasteiger partial charge in [-0.3, -0.25) is 4.57 Å². The molecule has 0 N–H and O–H groups in total. The predicted molar refractivity (Wildman–Crippen MR) is 66.8 cm³/mol. The van der Waals surface area contributed by atoms with Gasteiger partial charge in [0.05, 0.1) is 25.4 Å². The highest BCUT2D eigenvalue weighted by Crippen LogP contribution is 2.52. The van der Waals surface area contributed by atoms with Crippen molar-refractivity contribution in [3.05, 3.63) is 11.6 Å². The lowest BCUT2D eigenvalue weighted by molar-refractivity contribution is 0.217. The summed E-state index contributed by atoms with van der Waals surface area (Å²) in [6, 6.07) is 2.06. The topological polar surface area (TPSA) is 59.3 Å². The Bertz CT molecular complexity index is 349. The summed E-state index contributed by atoms with van der Waals surface area (Å²) in [6.07, 6.45) is 4.94. The maximum atomic E-state index is 12.4. The average molecular weight is 257 g/mol. The quantitative estimate of drug-likeness (QED) is 0.539. The van der Waals surface area contributed by atoms with Crippen molar-refractivity contribution in [1.29, 1.82) is 5.26 Å². The first kappa shape index (κ1) is 14.4. The Labute approximate surface area is 103 Å². The summed E-state index contributed by atoms with van der Waals surface area (Å²) in [6.45, 7) is 4.40. The van der Waals surface area contributed by atoms with Gasteiger partial charge in [-0.2, -0.15) is 5.26 Å². The second kappa shape index (κ2) is 6.96. The zero-order chi connectivity index (χ0) is 12.7. The molecule has 4 nitrogen and oxygen atoms in total. The summed E-state index contributed by atoms with van der Waals surface area (Å²) in [5.41, 5.74) is 1.09. The fourth-order valence-corrected chi connectivity index (χ4v) is 4.26. The van der Waals surface area contributed by atoms with Gasteiger partial charge in [0.25, 0.3) is 0 Å². The molecule has 0 aromatic heterocycles. The Balaban J connectivity index is 2.70. The minimum atomic E-state index is -2.98. The van der Waals surface area contributed by atoms with Crippen molar-refractivity contribution < 1.29 is 13.6 Å². The van der Waals surface area contributed by atoms with Gasteiger partial charge in [0.2, 0.25) is 0 Å². The first-order valence-corrected chi connectivity index (χ1v) is 7.84. The largest absolute Gasteiger partial charge is 0.331 e. The first-order valence-electron chi connectivity index (χ1n) is 6.12. The van der Waals surface area contributed by atoms with Crippen LogP contribution in [0.5, 0.6) is 0 Å². The molecule has 0 radical (unpaired) electrons. The number of rotatable bonds is 6. The average Bonchev–Trinajstić information content (AvgIpc) is 2.66. The van der Waals surface area contributed by atoms with Crippen molar-refractivity contribution in [1.82, 2.24) is 0 Å². The number of nitrogens with zero attached hydrogens (tertiary/aromatic N) is 1. The summed E-state index contributed by atoms with van der Waals surface area (Å²) in [5.74, 6) is 0.179. The lowest BCUT2D eigenvalue weighted by Gasteiger charge is -2.20. The molecule has 1 unspecified atom stereocenters. The van der Waals surface area contributed by atoms with E-state index in [0.29, 0.717) is 19.4 Å². The molecule has 0 bridgehead atoms. The molecule has 0 aromatic carbocycles. The standard InChI is InChI=1S/C12H20NO3P/c1-3-15-17(14,16-4-2)10-12-7-5-6-11(12)8-9-13/h8,12H,3-7,10H2,1-2H3/b11-8+. The molecule has 0 aliphatic heterocycles. The smallest absolute Gasteiger partial charge is 0.309 e. The summed E-state index contributed by atoms with van der Waals surface area (Å²) in [7, 11) is -2.98. The van der Waals surface area contributed by atoms with Crippen molar-refractivity contribution in [2.75, 3.05) is 19.4 Å². The van der Waals surface area contributed by atoms with Crippen LogP contribution in [0, 0.1) is 17.2 Å². The highest BCUT2D eigenvalue weighted by Gasteiger charge is 2.32. The van der Waals surface area contributed by atoms with E-state index in [1.165, 1.54) is 0 Å². The van der Waals surface area contributed by atoms with Crippen molar-refractivity contribution in [3.63, 3.8) is 0 Å². The molecule has 1 fully saturated rings. The minimum Gasteiger partial charge on any atom is -0.309 e. The Hall–Kier alpha value is -0.620. The van der Waals surface area contributed by atoms with Crippen LogP contribution in [-0.4, -0.2) is 19.4 Å². The van der Waals surface area contributed by atoms with E-state index in [9.17, 15) is 4.57 Å². The zero-order valence-corrected chi connectivity index (χ0v) is 11.4. The molecule has 0 aromatic rings. The SMILES string of the molecule is CCOP(=O)(CC1CCC/C1=C\C#N)OCC. The molecular weight excluding hydrogens is 237 g/mol. The van der Waals surface area contributed by atoms with Crippen LogP contribution in [0.25, 0.3) is 0 Å². The number of nitriles is 1. The number of hydrogen-bond acceptors (Lipinski definition) is 4. The summed E-state index contributed by atoms with van der Waals surface area (Å²) in [5, 5.41) is 8.69. The molecule has 96 valence electrons. The lowest BCUT2D eigenvalue weighted by atomic mass is 10.1. The van der Waals surface area contributed by atoms with Crippen molar-refractivity contribution in [2.45, 2.75) is 33.1 Å². The molecule has 17 heavy (non-hydrogen) atoms. The number of hydrogen-bond donors (Lipinski definition) is 0. The van der Waals surface area contributed by atoms with E-state index in [1.807, 2.05) is 13.8 Å². The van der Waals surface area contributed by atoms with Crippen LogP contribution in [0.3, 0.4) is 0 Å². The number of allylic oxidation sites excluding steroid dienone is 2. The minimum absolute atomic E-state index is 0.179. The van der Waals surface area contributed by atoms with Gasteiger partial charge >= 0.3 is 7.60 Å². The zero-order valence-electron chi connectivity index (χ0n) is 10.5. The molecular formula is C12H20NO3P. The molecule has 0 spiro atoms. The Morgan fingerprint density at radius 3 is 2.65 bits per heavy atom. The molecule has 0 heterocycles. The molecule has 1 aliphatic rings.